The molecule has 4 heteroatoms. The molecule has 0 spiro atoms. The standard InChI is InChI=1S/C20H26O4/c1-19(2,3)23-13-7-9-15(17(21)11-13)16-10-8-14(12-18(16)22)24-20(4,5)6/h7-12,21-22H,1-6H3. The number of hydrogen-bond acceptors (Lipinski definition) is 4. The maximum Gasteiger partial charge on any atom is 0.127 e. The van der Waals surface area contributed by atoms with Crippen molar-refractivity contribution >= 4 is 0 Å². The molecule has 0 radical (unpaired) electrons. The Labute approximate surface area is 143 Å². The lowest BCUT2D eigenvalue weighted by Gasteiger charge is -2.22. The summed E-state index contributed by atoms with van der Waals surface area (Å²) in [6.07, 6.45) is 0. The van der Waals surface area contributed by atoms with Gasteiger partial charge in [-0.05, 0) is 65.8 Å². The SMILES string of the molecule is CC(C)(C)Oc1ccc(-c2ccc(OC(C)(C)C)cc2O)c(O)c1. The number of ether oxygens (including phenoxy) is 2. The Morgan fingerprint density at radius 3 is 1.21 bits per heavy atom. The van der Waals surface area contributed by atoms with E-state index in [1.54, 1.807) is 36.4 Å². The topological polar surface area (TPSA) is 58.9 Å². The van der Waals surface area contributed by atoms with Gasteiger partial charge in [0.25, 0.3) is 0 Å². The van der Waals surface area contributed by atoms with Crippen LogP contribution in [0.25, 0.3) is 11.1 Å². The van der Waals surface area contributed by atoms with Crippen molar-refractivity contribution in [2.24, 2.45) is 0 Å². The van der Waals surface area contributed by atoms with Gasteiger partial charge in [0.1, 0.15) is 34.2 Å². The fourth-order valence-corrected chi connectivity index (χ4v) is 2.31. The average Bonchev–Trinajstić information content (AvgIpc) is 2.36. The van der Waals surface area contributed by atoms with E-state index in [9.17, 15) is 10.2 Å². The third-order valence-electron chi connectivity index (χ3n) is 3.08. The fourth-order valence-electron chi connectivity index (χ4n) is 2.31. The molecule has 0 aliphatic heterocycles. The van der Waals surface area contributed by atoms with Crippen LogP contribution in [0, 0.1) is 0 Å². The molecule has 2 aromatic carbocycles. The quantitative estimate of drug-likeness (QED) is 0.820. The largest absolute Gasteiger partial charge is 0.507 e. The van der Waals surface area contributed by atoms with Crippen LogP contribution in [0.5, 0.6) is 23.0 Å². The molecule has 0 saturated carbocycles. The van der Waals surface area contributed by atoms with E-state index in [0.717, 1.165) is 0 Å². The van der Waals surface area contributed by atoms with Gasteiger partial charge in [-0.3, -0.25) is 0 Å². The van der Waals surface area contributed by atoms with Crippen LogP contribution in [0.1, 0.15) is 41.5 Å². The summed E-state index contributed by atoms with van der Waals surface area (Å²) in [6.45, 7) is 11.7. The zero-order valence-electron chi connectivity index (χ0n) is 15.2. The van der Waals surface area contributed by atoms with E-state index in [2.05, 4.69) is 0 Å². The van der Waals surface area contributed by atoms with Crippen LogP contribution in [0.3, 0.4) is 0 Å². The minimum absolute atomic E-state index is 0.0524. The maximum atomic E-state index is 10.3. The Bertz CT molecular complexity index is 658. The van der Waals surface area contributed by atoms with Crippen molar-refractivity contribution in [1.82, 2.24) is 0 Å². The van der Waals surface area contributed by atoms with Crippen molar-refractivity contribution in [1.29, 1.82) is 0 Å². The zero-order valence-corrected chi connectivity index (χ0v) is 15.2. The van der Waals surface area contributed by atoms with E-state index in [4.69, 9.17) is 9.47 Å². The molecule has 2 rings (SSSR count). The van der Waals surface area contributed by atoms with Crippen molar-refractivity contribution in [2.45, 2.75) is 52.7 Å². The Morgan fingerprint density at radius 2 is 0.958 bits per heavy atom. The van der Waals surface area contributed by atoms with Gasteiger partial charge in [0.05, 0.1) is 0 Å². The molecule has 0 aliphatic carbocycles. The van der Waals surface area contributed by atoms with Gasteiger partial charge in [0, 0.05) is 23.3 Å². The van der Waals surface area contributed by atoms with Crippen LogP contribution in [0.15, 0.2) is 36.4 Å². The summed E-state index contributed by atoms with van der Waals surface area (Å²) in [6, 6.07) is 10.1. The summed E-state index contributed by atoms with van der Waals surface area (Å²) in [4.78, 5) is 0. The molecule has 0 aliphatic rings. The second-order valence-electron chi connectivity index (χ2n) is 7.79. The van der Waals surface area contributed by atoms with Crippen LogP contribution in [0.4, 0.5) is 0 Å². The van der Waals surface area contributed by atoms with E-state index in [-0.39, 0.29) is 22.7 Å². The van der Waals surface area contributed by atoms with Crippen LogP contribution in [0.2, 0.25) is 0 Å². The number of aromatic hydroxyl groups is 2. The summed E-state index contributed by atoms with van der Waals surface area (Å²) < 4.78 is 11.5. The van der Waals surface area contributed by atoms with E-state index in [1.807, 2.05) is 41.5 Å². The average molecular weight is 330 g/mol. The Hall–Kier alpha value is -2.36. The van der Waals surface area contributed by atoms with Gasteiger partial charge in [-0.1, -0.05) is 0 Å². The van der Waals surface area contributed by atoms with Gasteiger partial charge in [-0.15, -0.1) is 0 Å². The lowest BCUT2D eigenvalue weighted by molar-refractivity contribution is 0.130. The maximum absolute atomic E-state index is 10.3. The van der Waals surface area contributed by atoms with Gasteiger partial charge in [-0.2, -0.15) is 0 Å². The molecule has 2 aromatic rings. The summed E-state index contributed by atoms with van der Waals surface area (Å²) in [5.41, 5.74) is 0.386. The second kappa shape index (κ2) is 6.27. The number of phenolic OH excluding ortho intramolecular Hbond substituents is 2. The first-order valence-corrected chi connectivity index (χ1v) is 7.99. The van der Waals surface area contributed by atoms with Gasteiger partial charge in [0.15, 0.2) is 0 Å². The normalized spacial score (nSPS) is 12.1. The van der Waals surface area contributed by atoms with Crippen LogP contribution >= 0.6 is 0 Å². The molecule has 0 aromatic heterocycles. The highest BCUT2D eigenvalue weighted by atomic mass is 16.5. The van der Waals surface area contributed by atoms with E-state index in [0.29, 0.717) is 22.6 Å². The van der Waals surface area contributed by atoms with Gasteiger partial charge in [-0.25, -0.2) is 0 Å². The summed E-state index contributed by atoms with van der Waals surface area (Å²) in [5.74, 6) is 1.26. The molecule has 0 heterocycles. The molecule has 0 bridgehead atoms. The highest BCUT2D eigenvalue weighted by Crippen LogP contribution is 2.39. The van der Waals surface area contributed by atoms with Gasteiger partial charge >= 0.3 is 0 Å². The van der Waals surface area contributed by atoms with Crippen molar-refractivity contribution < 1.29 is 19.7 Å². The number of phenols is 2. The molecular weight excluding hydrogens is 304 g/mol. The molecule has 0 saturated heterocycles. The number of hydrogen-bond donors (Lipinski definition) is 2. The molecule has 24 heavy (non-hydrogen) atoms. The molecular formula is C20H26O4. The van der Waals surface area contributed by atoms with E-state index in [1.165, 1.54) is 0 Å². The monoisotopic (exact) mass is 330 g/mol. The third kappa shape index (κ3) is 4.82. The highest BCUT2D eigenvalue weighted by Gasteiger charge is 2.17. The minimum atomic E-state index is -0.345. The van der Waals surface area contributed by atoms with Crippen LogP contribution < -0.4 is 9.47 Å². The van der Waals surface area contributed by atoms with E-state index < -0.39 is 0 Å². The van der Waals surface area contributed by atoms with Crippen molar-refractivity contribution in [3.05, 3.63) is 36.4 Å². The molecule has 0 amide bonds. The number of benzene rings is 2. The predicted molar refractivity (Wildman–Crippen MR) is 96.0 cm³/mol. The molecule has 0 fully saturated rings. The van der Waals surface area contributed by atoms with Crippen molar-refractivity contribution in [2.75, 3.05) is 0 Å². The Kier molecular flexibility index (Phi) is 4.70. The smallest absolute Gasteiger partial charge is 0.127 e. The van der Waals surface area contributed by atoms with Crippen molar-refractivity contribution in [3.63, 3.8) is 0 Å². The Balaban J connectivity index is 2.32. The molecule has 4 nitrogen and oxygen atoms in total. The first-order valence-electron chi connectivity index (χ1n) is 7.99. The van der Waals surface area contributed by atoms with Crippen LogP contribution in [-0.4, -0.2) is 21.4 Å². The molecule has 0 atom stereocenters. The fraction of sp³-hybridized carbons (Fsp3) is 0.400. The summed E-state index contributed by atoms with van der Waals surface area (Å²) in [5, 5.41) is 20.6. The minimum Gasteiger partial charge on any atom is -0.507 e. The van der Waals surface area contributed by atoms with Crippen molar-refractivity contribution in [3.8, 4) is 34.1 Å². The molecule has 2 N–H and O–H groups in total. The summed E-state index contributed by atoms with van der Waals surface area (Å²) in [7, 11) is 0. The lowest BCUT2D eigenvalue weighted by Crippen LogP contribution is -2.22. The van der Waals surface area contributed by atoms with E-state index >= 15 is 0 Å². The molecule has 130 valence electrons. The third-order valence-corrected chi connectivity index (χ3v) is 3.08. The summed E-state index contributed by atoms with van der Waals surface area (Å²) >= 11 is 0. The van der Waals surface area contributed by atoms with Gasteiger partial charge in [0.2, 0.25) is 0 Å². The van der Waals surface area contributed by atoms with Gasteiger partial charge < -0.3 is 19.7 Å². The lowest BCUT2D eigenvalue weighted by atomic mass is 10.0. The Morgan fingerprint density at radius 1 is 0.625 bits per heavy atom. The second-order valence-corrected chi connectivity index (χ2v) is 7.79. The first kappa shape index (κ1) is 18.0. The first-order chi connectivity index (χ1) is 10.9. The zero-order chi connectivity index (χ0) is 18.1. The van der Waals surface area contributed by atoms with Crippen LogP contribution in [-0.2, 0) is 0 Å². The predicted octanol–water partition coefficient (Wildman–Crippen LogP) is 5.12. The molecule has 0 unspecified atom stereocenters. The number of rotatable bonds is 3. The highest BCUT2D eigenvalue weighted by molar-refractivity contribution is 5.76.